The van der Waals surface area contributed by atoms with E-state index in [-0.39, 0.29) is 11.4 Å². The van der Waals surface area contributed by atoms with Crippen molar-refractivity contribution < 1.29 is 15.0 Å². The molecule has 2 rings (SSSR count). The second-order valence-electron chi connectivity index (χ2n) is 6.15. The number of aliphatic hydroxyl groups is 1. The summed E-state index contributed by atoms with van der Waals surface area (Å²) in [5.74, 6) is -0.632. The molecule has 0 aliphatic carbocycles. The summed E-state index contributed by atoms with van der Waals surface area (Å²) in [6.07, 6.45) is 2.42. The lowest BCUT2D eigenvalue weighted by Crippen LogP contribution is -2.23. The fourth-order valence-electron chi connectivity index (χ4n) is 2.16. The van der Waals surface area contributed by atoms with Gasteiger partial charge in [-0.05, 0) is 38.5 Å². The Kier molecular flexibility index (Phi) is 4.38. The SMILES string of the molecule is C[C@@H](O)c1nc2cc(C=CC(C)(C)C(=O)O)ccc2c(=O)n1C. The van der Waals surface area contributed by atoms with Gasteiger partial charge in [0.05, 0.1) is 16.3 Å². The summed E-state index contributed by atoms with van der Waals surface area (Å²) in [5.41, 5.74) is -0.00400. The summed E-state index contributed by atoms with van der Waals surface area (Å²) in [7, 11) is 1.57. The number of aliphatic hydroxyl groups excluding tert-OH is 1. The second-order valence-corrected chi connectivity index (χ2v) is 6.15. The Balaban J connectivity index is 2.55. The number of carbonyl (C=O) groups is 1. The molecule has 1 aromatic carbocycles. The van der Waals surface area contributed by atoms with Crippen LogP contribution in [0.5, 0.6) is 0 Å². The highest BCUT2D eigenvalue weighted by molar-refractivity contribution is 5.81. The van der Waals surface area contributed by atoms with Crippen molar-refractivity contribution in [3.8, 4) is 0 Å². The predicted octanol–water partition coefficient (Wildman–Crippen LogP) is 2.11. The molecule has 1 heterocycles. The summed E-state index contributed by atoms with van der Waals surface area (Å²) in [6.45, 7) is 4.76. The van der Waals surface area contributed by atoms with E-state index in [2.05, 4.69) is 4.98 Å². The van der Waals surface area contributed by atoms with E-state index in [9.17, 15) is 14.7 Å². The largest absolute Gasteiger partial charge is 0.481 e. The maximum Gasteiger partial charge on any atom is 0.312 e. The van der Waals surface area contributed by atoms with Gasteiger partial charge in [-0.3, -0.25) is 14.2 Å². The molecule has 2 aromatic rings. The number of aliphatic carboxylic acids is 1. The topological polar surface area (TPSA) is 92.4 Å². The molecule has 6 nitrogen and oxygen atoms in total. The van der Waals surface area contributed by atoms with Crippen LogP contribution in [-0.2, 0) is 11.8 Å². The van der Waals surface area contributed by atoms with Crippen LogP contribution in [0.2, 0.25) is 0 Å². The molecule has 0 fully saturated rings. The fraction of sp³-hybridized carbons (Fsp3) is 0.353. The van der Waals surface area contributed by atoms with E-state index < -0.39 is 17.5 Å². The molecular weight excluding hydrogens is 296 g/mol. The Hall–Kier alpha value is -2.47. The van der Waals surface area contributed by atoms with E-state index in [1.165, 1.54) is 4.57 Å². The van der Waals surface area contributed by atoms with Crippen LogP contribution in [0.3, 0.4) is 0 Å². The van der Waals surface area contributed by atoms with Gasteiger partial charge in [-0.25, -0.2) is 4.98 Å². The van der Waals surface area contributed by atoms with Crippen molar-refractivity contribution in [2.45, 2.75) is 26.9 Å². The molecule has 0 bridgehead atoms. The van der Waals surface area contributed by atoms with Gasteiger partial charge >= 0.3 is 5.97 Å². The number of carboxylic acids is 1. The van der Waals surface area contributed by atoms with Crippen molar-refractivity contribution in [2.24, 2.45) is 12.5 Å². The van der Waals surface area contributed by atoms with Crippen LogP contribution in [0, 0.1) is 5.41 Å². The van der Waals surface area contributed by atoms with E-state index in [1.54, 1.807) is 58.2 Å². The lowest BCUT2D eigenvalue weighted by molar-refractivity contribution is -0.144. The third-order valence-corrected chi connectivity index (χ3v) is 3.75. The Morgan fingerprint density at radius 2 is 2.04 bits per heavy atom. The Labute approximate surface area is 133 Å². The molecule has 0 saturated heterocycles. The lowest BCUT2D eigenvalue weighted by Gasteiger charge is -2.13. The number of nitrogens with zero attached hydrogens (tertiary/aromatic N) is 2. The molecule has 23 heavy (non-hydrogen) atoms. The first-order valence-electron chi connectivity index (χ1n) is 7.25. The fourth-order valence-corrected chi connectivity index (χ4v) is 2.16. The minimum atomic E-state index is -0.986. The van der Waals surface area contributed by atoms with Crippen LogP contribution in [0.15, 0.2) is 29.1 Å². The minimum absolute atomic E-state index is 0.229. The van der Waals surface area contributed by atoms with Crippen molar-refractivity contribution in [3.05, 3.63) is 46.0 Å². The normalized spacial score (nSPS) is 13.6. The number of hydrogen-bond donors (Lipinski definition) is 2. The number of benzene rings is 1. The first kappa shape index (κ1) is 16.9. The maximum atomic E-state index is 12.3. The van der Waals surface area contributed by atoms with Gasteiger partial charge in [0.1, 0.15) is 11.9 Å². The van der Waals surface area contributed by atoms with Gasteiger partial charge < -0.3 is 10.2 Å². The molecule has 0 unspecified atom stereocenters. The van der Waals surface area contributed by atoms with Crippen molar-refractivity contribution in [1.29, 1.82) is 0 Å². The first-order valence-corrected chi connectivity index (χ1v) is 7.25. The van der Waals surface area contributed by atoms with Crippen LogP contribution >= 0.6 is 0 Å². The number of aromatic nitrogens is 2. The average molecular weight is 316 g/mol. The van der Waals surface area contributed by atoms with Crippen LogP contribution in [0.1, 0.15) is 38.3 Å². The van der Waals surface area contributed by atoms with Gasteiger partial charge in [0.2, 0.25) is 0 Å². The zero-order valence-corrected chi connectivity index (χ0v) is 13.6. The molecule has 0 aliphatic heterocycles. The van der Waals surface area contributed by atoms with E-state index >= 15 is 0 Å². The zero-order chi connectivity index (χ0) is 17.4. The van der Waals surface area contributed by atoms with Crippen LogP contribution in [0.4, 0.5) is 0 Å². The first-order chi connectivity index (χ1) is 10.6. The zero-order valence-electron chi connectivity index (χ0n) is 13.6. The van der Waals surface area contributed by atoms with Gasteiger partial charge in [-0.2, -0.15) is 0 Å². The van der Waals surface area contributed by atoms with Gasteiger partial charge in [0.15, 0.2) is 0 Å². The molecule has 6 heteroatoms. The van der Waals surface area contributed by atoms with E-state index in [1.807, 2.05) is 0 Å². The average Bonchev–Trinajstić information content (AvgIpc) is 2.48. The molecule has 2 N–H and O–H groups in total. The number of rotatable bonds is 4. The summed E-state index contributed by atoms with van der Waals surface area (Å²) in [6, 6.07) is 5.10. The van der Waals surface area contributed by atoms with Gasteiger partial charge in [-0.1, -0.05) is 18.2 Å². The molecular formula is C17H20N2O4. The lowest BCUT2D eigenvalue weighted by atomic mass is 9.92. The number of hydrogen-bond acceptors (Lipinski definition) is 4. The van der Waals surface area contributed by atoms with Crippen LogP contribution in [-0.4, -0.2) is 25.7 Å². The quantitative estimate of drug-likeness (QED) is 0.901. The highest BCUT2D eigenvalue weighted by atomic mass is 16.4. The highest BCUT2D eigenvalue weighted by Gasteiger charge is 2.23. The Morgan fingerprint density at radius 1 is 1.39 bits per heavy atom. The van der Waals surface area contributed by atoms with Gasteiger partial charge in [0.25, 0.3) is 5.56 Å². The Bertz CT molecular complexity index is 848. The smallest absolute Gasteiger partial charge is 0.312 e. The van der Waals surface area contributed by atoms with Gasteiger partial charge in [0, 0.05) is 7.05 Å². The summed E-state index contributed by atoms with van der Waals surface area (Å²) < 4.78 is 1.33. The molecule has 0 saturated carbocycles. The van der Waals surface area contributed by atoms with Crippen molar-refractivity contribution in [2.75, 3.05) is 0 Å². The van der Waals surface area contributed by atoms with E-state index in [0.29, 0.717) is 10.9 Å². The van der Waals surface area contributed by atoms with Gasteiger partial charge in [-0.15, -0.1) is 0 Å². The minimum Gasteiger partial charge on any atom is -0.481 e. The van der Waals surface area contributed by atoms with E-state index in [4.69, 9.17) is 5.11 Å². The molecule has 0 amide bonds. The summed E-state index contributed by atoms with van der Waals surface area (Å²) in [5, 5.41) is 19.3. The molecule has 0 aliphatic rings. The highest BCUT2D eigenvalue weighted by Crippen LogP contribution is 2.20. The summed E-state index contributed by atoms with van der Waals surface area (Å²) >= 11 is 0. The molecule has 122 valence electrons. The summed E-state index contributed by atoms with van der Waals surface area (Å²) in [4.78, 5) is 27.7. The molecule has 0 spiro atoms. The molecule has 1 atom stereocenters. The van der Waals surface area contributed by atoms with Crippen molar-refractivity contribution in [3.63, 3.8) is 0 Å². The van der Waals surface area contributed by atoms with Crippen molar-refractivity contribution in [1.82, 2.24) is 9.55 Å². The van der Waals surface area contributed by atoms with Crippen LogP contribution in [0.25, 0.3) is 17.0 Å². The molecule has 0 radical (unpaired) electrons. The number of carboxylic acid groups (broad SMARTS) is 1. The second kappa shape index (κ2) is 5.96. The standard InChI is InChI=1S/C17H20N2O4/c1-10(20)14-18-13-9-11(7-8-17(2,3)16(22)23)5-6-12(13)15(21)19(14)4/h5-10,20H,1-4H3,(H,22,23)/t10-/m1/s1. The monoisotopic (exact) mass is 316 g/mol. The predicted molar refractivity (Wildman–Crippen MR) is 88.1 cm³/mol. The van der Waals surface area contributed by atoms with E-state index in [0.717, 1.165) is 5.56 Å². The Morgan fingerprint density at radius 3 is 2.61 bits per heavy atom. The number of fused-ring (bicyclic) bond motifs is 1. The van der Waals surface area contributed by atoms with Crippen LogP contribution < -0.4 is 5.56 Å². The molecule has 1 aromatic heterocycles. The third kappa shape index (κ3) is 3.32. The van der Waals surface area contributed by atoms with Crippen molar-refractivity contribution >= 4 is 22.9 Å². The maximum absolute atomic E-state index is 12.3. The third-order valence-electron chi connectivity index (χ3n) is 3.75.